The highest BCUT2D eigenvalue weighted by Gasteiger charge is 2.24. The fraction of sp³-hybridized carbons (Fsp3) is 0.389. The highest BCUT2D eigenvalue weighted by Crippen LogP contribution is 2.23. The van der Waals surface area contributed by atoms with Gasteiger partial charge < -0.3 is 9.80 Å². The number of aryl methyl sites for hydroxylation is 1. The summed E-state index contributed by atoms with van der Waals surface area (Å²) in [6.07, 6.45) is 1.92. The maximum absolute atomic E-state index is 12.0. The van der Waals surface area contributed by atoms with Crippen molar-refractivity contribution in [1.29, 1.82) is 0 Å². The molecule has 0 bridgehead atoms. The van der Waals surface area contributed by atoms with Crippen molar-refractivity contribution in [3.63, 3.8) is 0 Å². The van der Waals surface area contributed by atoms with E-state index >= 15 is 0 Å². The summed E-state index contributed by atoms with van der Waals surface area (Å²) in [5.74, 6) is 1.21. The van der Waals surface area contributed by atoms with Gasteiger partial charge in [-0.05, 0) is 19.1 Å². The second-order valence-corrected chi connectivity index (χ2v) is 6.89. The van der Waals surface area contributed by atoms with E-state index in [1.165, 1.54) is 11.9 Å². The fourth-order valence-corrected chi connectivity index (χ4v) is 3.40. The topological polar surface area (TPSA) is 80.0 Å². The lowest BCUT2D eigenvalue weighted by Gasteiger charge is -2.35. The molecule has 27 heavy (non-hydrogen) atoms. The van der Waals surface area contributed by atoms with Gasteiger partial charge in [0.2, 0.25) is 5.91 Å². The Morgan fingerprint density at radius 2 is 1.85 bits per heavy atom. The highest BCUT2D eigenvalue weighted by atomic mass is 35.5. The third-order valence-corrected chi connectivity index (χ3v) is 4.93. The van der Waals surface area contributed by atoms with Crippen LogP contribution in [0.15, 0.2) is 30.6 Å². The number of aromatic nitrogens is 5. The van der Waals surface area contributed by atoms with Crippen molar-refractivity contribution < 1.29 is 4.79 Å². The maximum atomic E-state index is 12.0. The van der Waals surface area contributed by atoms with Crippen molar-refractivity contribution in [3.05, 3.63) is 36.2 Å². The molecule has 3 heterocycles. The van der Waals surface area contributed by atoms with Gasteiger partial charge in [-0.2, -0.15) is 4.68 Å². The first-order valence-electron chi connectivity index (χ1n) is 8.89. The zero-order valence-electron chi connectivity index (χ0n) is 15.0. The summed E-state index contributed by atoms with van der Waals surface area (Å²) < 4.78 is 1.72. The van der Waals surface area contributed by atoms with Crippen LogP contribution in [0.3, 0.4) is 0 Å². The minimum absolute atomic E-state index is 0.0998. The highest BCUT2D eigenvalue weighted by molar-refractivity contribution is 6.18. The van der Waals surface area contributed by atoms with Crippen LogP contribution in [0, 0.1) is 6.92 Å². The van der Waals surface area contributed by atoms with E-state index in [1.807, 2.05) is 36.1 Å². The number of carbonyl (C=O) groups is 1. The van der Waals surface area contributed by atoms with Crippen molar-refractivity contribution in [2.24, 2.45) is 0 Å². The number of hydrogen-bond donors (Lipinski definition) is 0. The van der Waals surface area contributed by atoms with Gasteiger partial charge in [-0.15, -0.1) is 16.7 Å². The first-order chi connectivity index (χ1) is 13.2. The second kappa shape index (κ2) is 7.48. The van der Waals surface area contributed by atoms with E-state index in [4.69, 9.17) is 11.6 Å². The van der Waals surface area contributed by atoms with Crippen molar-refractivity contribution in [1.82, 2.24) is 29.9 Å². The Balaban J connectivity index is 1.59. The number of amides is 1. The molecule has 2 aromatic heterocycles. The number of benzene rings is 1. The smallest absolute Gasteiger partial charge is 0.223 e. The molecular weight excluding hydrogens is 366 g/mol. The Labute approximate surface area is 161 Å². The van der Waals surface area contributed by atoms with Crippen LogP contribution in [0.2, 0.25) is 0 Å². The number of carbonyl (C=O) groups excluding carboxylic acids is 1. The van der Waals surface area contributed by atoms with Gasteiger partial charge in [0, 0.05) is 38.5 Å². The van der Waals surface area contributed by atoms with E-state index in [-0.39, 0.29) is 5.91 Å². The Hall–Kier alpha value is -2.74. The van der Waals surface area contributed by atoms with Gasteiger partial charge in [0.05, 0.1) is 5.69 Å². The van der Waals surface area contributed by atoms with Crippen LogP contribution < -0.4 is 4.90 Å². The molecule has 1 amide bonds. The Morgan fingerprint density at radius 1 is 1.11 bits per heavy atom. The molecule has 0 N–H and O–H groups in total. The van der Waals surface area contributed by atoms with Crippen LogP contribution >= 0.6 is 11.6 Å². The molecule has 0 saturated carbocycles. The van der Waals surface area contributed by atoms with Gasteiger partial charge >= 0.3 is 0 Å². The SMILES string of the molecule is Cc1ccc(-n2nnc3c(N4CCN(C(=O)CCCl)CC4)ncnc32)cc1. The van der Waals surface area contributed by atoms with Crippen molar-refractivity contribution in [2.75, 3.05) is 37.0 Å². The van der Waals surface area contributed by atoms with Crippen LogP contribution in [0.1, 0.15) is 12.0 Å². The molecule has 1 aromatic carbocycles. The molecule has 1 fully saturated rings. The summed E-state index contributed by atoms with van der Waals surface area (Å²) in [6, 6.07) is 8.04. The van der Waals surface area contributed by atoms with Crippen LogP contribution in [0.4, 0.5) is 5.82 Å². The number of fused-ring (bicyclic) bond motifs is 1. The fourth-order valence-electron chi connectivity index (χ4n) is 3.23. The van der Waals surface area contributed by atoms with Crippen molar-refractivity contribution in [3.8, 4) is 5.69 Å². The minimum Gasteiger partial charge on any atom is -0.351 e. The lowest BCUT2D eigenvalue weighted by atomic mass is 10.2. The maximum Gasteiger partial charge on any atom is 0.223 e. The van der Waals surface area contributed by atoms with Gasteiger partial charge in [-0.1, -0.05) is 22.9 Å². The standard InChI is InChI=1S/C18H20ClN7O/c1-13-2-4-14(5-3-13)26-18-16(22-23-26)17(20-12-21-18)25-10-8-24(9-11-25)15(27)6-7-19/h2-5,12H,6-11H2,1H3. The molecule has 4 rings (SSSR count). The van der Waals surface area contributed by atoms with Gasteiger partial charge in [-0.25, -0.2) is 9.97 Å². The molecule has 0 aliphatic carbocycles. The van der Waals surface area contributed by atoms with E-state index in [1.54, 1.807) is 4.68 Å². The lowest BCUT2D eigenvalue weighted by Crippen LogP contribution is -2.49. The van der Waals surface area contributed by atoms with Gasteiger partial charge in [0.25, 0.3) is 0 Å². The lowest BCUT2D eigenvalue weighted by molar-refractivity contribution is -0.131. The summed E-state index contributed by atoms with van der Waals surface area (Å²) >= 11 is 5.67. The Bertz CT molecular complexity index is 948. The summed E-state index contributed by atoms with van der Waals surface area (Å²) in [5.41, 5.74) is 3.42. The number of alkyl halides is 1. The molecule has 140 valence electrons. The number of hydrogen-bond acceptors (Lipinski definition) is 6. The number of halogens is 1. The van der Waals surface area contributed by atoms with Gasteiger partial charge in [-0.3, -0.25) is 4.79 Å². The second-order valence-electron chi connectivity index (χ2n) is 6.51. The Morgan fingerprint density at radius 3 is 2.56 bits per heavy atom. The van der Waals surface area contributed by atoms with Crippen molar-refractivity contribution >= 4 is 34.5 Å². The molecular formula is C18H20ClN7O. The zero-order chi connectivity index (χ0) is 18.8. The predicted octanol–water partition coefficient (Wildman–Crippen LogP) is 1.80. The van der Waals surface area contributed by atoms with Crippen LogP contribution in [-0.4, -0.2) is 67.8 Å². The third kappa shape index (κ3) is 3.44. The van der Waals surface area contributed by atoms with Gasteiger partial charge in [0.1, 0.15) is 6.33 Å². The van der Waals surface area contributed by atoms with E-state index in [0.717, 1.165) is 11.5 Å². The average Bonchev–Trinajstić information content (AvgIpc) is 3.13. The van der Waals surface area contributed by atoms with Crippen molar-refractivity contribution in [2.45, 2.75) is 13.3 Å². The van der Waals surface area contributed by atoms with Crippen LogP contribution in [0.25, 0.3) is 16.9 Å². The number of rotatable bonds is 4. The quantitative estimate of drug-likeness (QED) is 0.637. The molecule has 1 aliphatic rings. The summed E-state index contributed by atoms with van der Waals surface area (Å²) in [7, 11) is 0. The summed E-state index contributed by atoms with van der Waals surface area (Å²) in [5, 5.41) is 8.60. The molecule has 1 saturated heterocycles. The molecule has 0 atom stereocenters. The normalized spacial score (nSPS) is 14.7. The molecule has 9 heteroatoms. The van der Waals surface area contributed by atoms with Crippen LogP contribution in [-0.2, 0) is 4.79 Å². The largest absolute Gasteiger partial charge is 0.351 e. The molecule has 8 nitrogen and oxygen atoms in total. The number of piperazine rings is 1. The van der Waals surface area contributed by atoms with Gasteiger partial charge in [0.15, 0.2) is 17.0 Å². The van der Waals surface area contributed by atoms with Crippen LogP contribution in [0.5, 0.6) is 0 Å². The number of nitrogens with zero attached hydrogens (tertiary/aromatic N) is 7. The Kier molecular flexibility index (Phi) is 4.89. The molecule has 3 aromatic rings. The first kappa shape index (κ1) is 17.7. The minimum atomic E-state index is 0.0998. The predicted molar refractivity (Wildman–Crippen MR) is 103 cm³/mol. The monoisotopic (exact) mass is 385 g/mol. The summed E-state index contributed by atoms with van der Waals surface area (Å²) in [4.78, 5) is 24.8. The van der Waals surface area contributed by atoms with E-state index in [9.17, 15) is 4.79 Å². The van der Waals surface area contributed by atoms with E-state index in [2.05, 4.69) is 25.2 Å². The third-order valence-electron chi connectivity index (χ3n) is 4.74. The number of anilines is 1. The molecule has 0 unspecified atom stereocenters. The van der Waals surface area contributed by atoms with E-state index in [0.29, 0.717) is 49.6 Å². The van der Waals surface area contributed by atoms with E-state index < -0.39 is 0 Å². The summed E-state index contributed by atoms with van der Waals surface area (Å²) in [6.45, 7) is 4.72. The molecule has 0 radical (unpaired) electrons. The zero-order valence-corrected chi connectivity index (χ0v) is 15.8. The molecule has 0 spiro atoms. The molecule has 1 aliphatic heterocycles. The average molecular weight is 386 g/mol. The first-order valence-corrected chi connectivity index (χ1v) is 9.43.